The van der Waals surface area contributed by atoms with Crippen LogP contribution in [0, 0.1) is 17.3 Å². The van der Waals surface area contributed by atoms with Crippen LogP contribution in [0.3, 0.4) is 0 Å². The lowest BCUT2D eigenvalue weighted by atomic mass is 9.68. The summed E-state index contributed by atoms with van der Waals surface area (Å²) in [5.41, 5.74) is 0.345. The zero-order valence-electron chi connectivity index (χ0n) is 8.01. The molecule has 2 heterocycles. The van der Waals surface area contributed by atoms with Crippen molar-refractivity contribution in [1.29, 1.82) is 0 Å². The molecule has 0 amide bonds. The minimum Gasteiger partial charge on any atom is -0.381 e. The first kappa shape index (κ1) is 8.52. The van der Waals surface area contributed by atoms with Crippen LogP contribution >= 0.6 is 0 Å². The average molecular weight is 170 g/mol. The Bertz CT molecular complexity index is 169. The molecule has 1 spiro atoms. The van der Waals surface area contributed by atoms with E-state index in [0.717, 1.165) is 32.3 Å². The van der Waals surface area contributed by atoms with Crippen LogP contribution in [0.25, 0.3) is 0 Å². The largest absolute Gasteiger partial charge is 0.381 e. The molecule has 0 aromatic rings. The second-order valence-electron chi connectivity index (χ2n) is 4.39. The van der Waals surface area contributed by atoms with Gasteiger partial charge < -0.3 is 9.47 Å². The molecular weight excluding hydrogens is 152 g/mol. The zero-order valence-corrected chi connectivity index (χ0v) is 8.01. The predicted molar refractivity (Wildman–Crippen MR) is 47.0 cm³/mol. The summed E-state index contributed by atoms with van der Waals surface area (Å²) in [6.07, 6.45) is 1.20. The highest BCUT2D eigenvalue weighted by atomic mass is 16.5. The van der Waals surface area contributed by atoms with Crippen molar-refractivity contribution in [3.63, 3.8) is 0 Å². The lowest BCUT2D eigenvalue weighted by molar-refractivity contribution is -0.0644. The molecule has 2 aliphatic rings. The topological polar surface area (TPSA) is 18.5 Å². The van der Waals surface area contributed by atoms with E-state index < -0.39 is 0 Å². The molecule has 0 radical (unpaired) electrons. The Morgan fingerprint density at radius 3 is 2.42 bits per heavy atom. The zero-order chi connectivity index (χ0) is 8.60. The van der Waals surface area contributed by atoms with E-state index in [0.29, 0.717) is 11.3 Å². The van der Waals surface area contributed by atoms with E-state index in [1.807, 2.05) is 0 Å². The van der Waals surface area contributed by atoms with Gasteiger partial charge in [-0.2, -0.15) is 0 Å². The molecular formula is C10H18O2. The summed E-state index contributed by atoms with van der Waals surface area (Å²) >= 11 is 0. The summed E-state index contributed by atoms with van der Waals surface area (Å²) in [5.74, 6) is 1.44. The maximum Gasteiger partial charge on any atom is 0.0550 e. The van der Waals surface area contributed by atoms with E-state index in [2.05, 4.69) is 13.8 Å². The van der Waals surface area contributed by atoms with Gasteiger partial charge in [0.05, 0.1) is 13.2 Å². The molecule has 2 aliphatic heterocycles. The lowest BCUT2D eigenvalue weighted by Crippen LogP contribution is -2.43. The van der Waals surface area contributed by atoms with E-state index in [1.54, 1.807) is 0 Å². The molecule has 12 heavy (non-hydrogen) atoms. The molecule has 0 N–H and O–H groups in total. The van der Waals surface area contributed by atoms with Gasteiger partial charge in [-0.25, -0.2) is 0 Å². The van der Waals surface area contributed by atoms with Crippen molar-refractivity contribution in [3.8, 4) is 0 Å². The van der Waals surface area contributed by atoms with E-state index in [4.69, 9.17) is 9.47 Å². The Labute approximate surface area is 74.2 Å². The maximum absolute atomic E-state index is 5.57. The molecule has 0 aliphatic carbocycles. The molecule has 2 nitrogen and oxygen atoms in total. The summed E-state index contributed by atoms with van der Waals surface area (Å²) in [4.78, 5) is 0. The quantitative estimate of drug-likeness (QED) is 0.551. The first-order valence-corrected chi connectivity index (χ1v) is 4.91. The van der Waals surface area contributed by atoms with Crippen molar-refractivity contribution in [3.05, 3.63) is 0 Å². The van der Waals surface area contributed by atoms with Gasteiger partial charge in [-0.1, -0.05) is 13.8 Å². The van der Waals surface area contributed by atoms with E-state index >= 15 is 0 Å². The van der Waals surface area contributed by atoms with Gasteiger partial charge >= 0.3 is 0 Å². The minimum atomic E-state index is 0.345. The highest BCUT2D eigenvalue weighted by Crippen LogP contribution is 2.44. The molecule has 3 atom stereocenters. The predicted octanol–water partition coefficient (Wildman–Crippen LogP) is 1.70. The summed E-state index contributed by atoms with van der Waals surface area (Å²) in [5, 5.41) is 0. The molecule has 0 saturated carbocycles. The smallest absolute Gasteiger partial charge is 0.0550 e. The summed E-state index contributed by atoms with van der Waals surface area (Å²) in [7, 11) is 0. The van der Waals surface area contributed by atoms with Crippen molar-refractivity contribution in [2.24, 2.45) is 17.3 Å². The summed E-state index contributed by atoms with van der Waals surface area (Å²) in [6, 6.07) is 0. The van der Waals surface area contributed by atoms with Crippen LogP contribution in [0.15, 0.2) is 0 Å². The Hall–Kier alpha value is -0.0800. The van der Waals surface area contributed by atoms with E-state index in [1.165, 1.54) is 6.42 Å². The van der Waals surface area contributed by atoms with Crippen molar-refractivity contribution < 1.29 is 9.47 Å². The van der Waals surface area contributed by atoms with Crippen LogP contribution in [0.5, 0.6) is 0 Å². The third-order valence-corrected chi connectivity index (χ3v) is 3.77. The standard InChI is InChI=1S/C10H18O2/c1-8-3-4-11-6-10(8)7-12-5-9(10)2/h8-9H,3-7H2,1-2H3. The van der Waals surface area contributed by atoms with Gasteiger partial charge in [-0.05, 0) is 18.3 Å². The van der Waals surface area contributed by atoms with Crippen LogP contribution in [0.2, 0.25) is 0 Å². The Morgan fingerprint density at radius 1 is 1.08 bits per heavy atom. The highest BCUT2D eigenvalue weighted by Gasteiger charge is 2.47. The Kier molecular flexibility index (Phi) is 2.13. The summed E-state index contributed by atoms with van der Waals surface area (Å²) in [6.45, 7) is 8.32. The van der Waals surface area contributed by atoms with Crippen molar-refractivity contribution >= 4 is 0 Å². The Morgan fingerprint density at radius 2 is 1.83 bits per heavy atom. The SMILES string of the molecule is CC1CCOCC12COCC2C. The van der Waals surface area contributed by atoms with Crippen molar-refractivity contribution in [2.75, 3.05) is 26.4 Å². The van der Waals surface area contributed by atoms with Gasteiger partial charge in [-0.15, -0.1) is 0 Å². The molecule has 0 bridgehead atoms. The fourth-order valence-corrected chi connectivity index (χ4v) is 2.50. The normalized spacial score (nSPS) is 48.5. The number of hydrogen-bond acceptors (Lipinski definition) is 2. The maximum atomic E-state index is 5.57. The van der Waals surface area contributed by atoms with Crippen molar-refractivity contribution in [1.82, 2.24) is 0 Å². The first-order valence-electron chi connectivity index (χ1n) is 4.91. The minimum absolute atomic E-state index is 0.345. The molecule has 2 rings (SSSR count). The average Bonchev–Trinajstić information content (AvgIpc) is 2.41. The van der Waals surface area contributed by atoms with Crippen LogP contribution in [0.1, 0.15) is 20.3 Å². The molecule has 0 aromatic carbocycles. The van der Waals surface area contributed by atoms with Crippen molar-refractivity contribution in [2.45, 2.75) is 20.3 Å². The summed E-state index contributed by atoms with van der Waals surface area (Å²) < 4.78 is 11.1. The number of hydrogen-bond donors (Lipinski definition) is 0. The van der Waals surface area contributed by atoms with Crippen LogP contribution in [-0.4, -0.2) is 26.4 Å². The third-order valence-electron chi connectivity index (χ3n) is 3.77. The van der Waals surface area contributed by atoms with Gasteiger partial charge in [0, 0.05) is 18.6 Å². The van der Waals surface area contributed by atoms with E-state index in [9.17, 15) is 0 Å². The van der Waals surface area contributed by atoms with Crippen LogP contribution in [-0.2, 0) is 9.47 Å². The number of rotatable bonds is 0. The molecule has 3 unspecified atom stereocenters. The second-order valence-corrected chi connectivity index (χ2v) is 4.39. The first-order chi connectivity index (χ1) is 5.76. The second kappa shape index (κ2) is 3.00. The van der Waals surface area contributed by atoms with Gasteiger partial charge in [0.2, 0.25) is 0 Å². The van der Waals surface area contributed by atoms with Gasteiger partial charge in [0.15, 0.2) is 0 Å². The molecule has 2 fully saturated rings. The lowest BCUT2D eigenvalue weighted by Gasteiger charge is -2.41. The molecule has 0 aromatic heterocycles. The molecule has 70 valence electrons. The molecule has 2 heteroatoms. The number of ether oxygens (including phenoxy) is 2. The Balaban J connectivity index is 2.15. The third kappa shape index (κ3) is 1.09. The molecule has 2 saturated heterocycles. The van der Waals surface area contributed by atoms with Gasteiger partial charge in [0.25, 0.3) is 0 Å². The highest BCUT2D eigenvalue weighted by molar-refractivity contribution is 4.94. The van der Waals surface area contributed by atoms with Crippen LogP contribution in [0.4, 0.5) is 0 Å². The fraction of sp³-hybridized carbons (Fsp3) is 1.00. The van der Waals surface area contributed by atoms with Crippen LogP contribution < -0.4 is 0 Å². The van der Waals surface area contributed by atoms with Gasteiger partial charge in [-0.3, -0.25) is 0 Å². The fourth-order valence-electron chi connectivity index (χ4n) is 2.50. The van der Waals surface area contributed by atoms with E-state index in [-0.39, 0.29) is 0 Å². The monoisotopic (exact) mass is 170 g/mol. The van der Waals surface area contributed by atoms with Gasteiger partial charge in [0.1, 0.15) is 0 Å².